The van der Waals surface area contributed by atoms with E-state index in [1.54, 1.807) is 24.4 Å². The molecule has 0 atom stereocenters. The monoisotopic (exact) mass is 493 g/mol. The number of hydrogen-bond donors (Lipinski definition) is 1. The number of sulfonamides is 1. The summed E-state index contributed by atoms with van der Waals surface area (Å²) in [6.45, 7) is 4.15. The van der Waals surface area contributed by atoms with Crippen molar-refractivity contribution in [3.05, 3.63) is 60.6 Å². The number of nitrogens with one attached hydrogen (secondary N) is 1. The standard InChI is InChI=1S/C25H27N5O4S/c1-2-30-23-9-8-18(35(32,33)29-13-15-34-16-14-29)17-22(23)27-24(30)10-11-25(31)28-21-7-3-6-20-19(21)5-4-12-26-20/h3-9,12,17H,2,10-11,13-16H2,1H3,(H,28,31). The molecule has 0 unspecified atom stereocenters. The number of aromatic nitrogens is 3. The van der Waals surface area contributed by atoms with E-state index in [4.69, 9.17) is 9.72 Å². The zero-order chi connectivity index (χ0) is 24.4. The van der Waals surface area contributed by atoms with Gasteiger partial charge in [-0.1, -0.05) is 6.07 Å². The van der Waals surface area contributed by atoms with Gasteiger partial charge in [0.1, 0.15) is 5.82 Å². The van der Waals surface area contributed by atoms with Crippen molar-refractivity contribution in [2.75, 3.05) is 31.6 Å². The van der Waals surface area contributed by atoms with E-state index in [2.05, 4.69) is 10.3 Å². The molecule has 1 aliphatic rings. The number of anilines is 1. The number of morpholine rings is 1. The number of imidazole rings is 1. The maximum atomic E-state index is 13.1. The summed E-state index contributed by atoms with van der Waals surface area (Å²) in [5.41, 5.74) is 3.00. The molecule has 35 heavy (non-hydrogen) atoms. The van der Waals surface area contributed by atoms with E-state index < -0.39 is 10.0 Å². The molecular weight excluding hydrogens is 466 g/mol. The van der Waals surface area contributed by atoms with Crippen molar-refractivity contribution < 1.29 is 17.9 Å². The van der Waals surface area contributed by atoms with E-state index in [-0.39, 0.29) is 17.2 Å². The highest BCUT2D eigenvalue weighted by molar-refractivity contribution is 7.89. The fourth-order valence-corrected chi connectivity index (χ4v) is 5.88. The fourth-order valence-electron chi connectivity index (χ4n) is 4.45. The average Bonchev–Trinajstić information content (AvgIpc) is 3.25. The zero-order valence-electron chi connectivity index (χ0n) is 19.5. The van der Waals surface area contributed by atoms with Crippen molar-refractivity contribution in [3.8, 4) is 0 Å². The lowest BCUT2D eigenvalue weighted by Crippen LogP contribution is -2.40. The molecule has 182 valence electrons. The molecule has 0 spiro atoms. The summed E-state index contributed by atoms with van der Waals surface area (Å²) in [7, 11) is -3.61. The van der Waals surface area contributed by atoms with E-state index in [0.29, 0.717) is 44.8 Å². The molecule has 1 N–H and O–H groups in total. The topological polar surface area (TPSA) is 106 Å². The van der Waals surface area contributed by atoms with Gasteiger partial charge in [0.15, 0.2) is 0 Å². The number of hydrogen-bond acceptors (Lipinski definition) is 6. The van der Waals surface area contributed by atoms with Crippen LogP contribution in [0.1, 0.15) is 19.2 Å². The van der Waals surface area contributed by atoms with Gasteiger partial charge in [-0.25, -0.2) is 13.4 Å². The van der Waals surface area contributed by atoms with Gasteiger partial charge in [-0.05, 0) is 49.4 Å². The Hall–Kier alpha value is -3.34. The number of ether oxygens (including phenoxy) is 1. The summed E-state index contributed by atoms with van der Waals surface area (Å²) < 4.78 is 34.9. The maximum absolute atomic E-state index is 13.1. The zero-order valence-corrected chi connectivity index (χ0v) is 20.3. The molecule has 1 aliphatic heterocycles. The first-order valence-corrected chi connectivity index (χ1v) is 13.1. The van der Waals surface area contributed by atoms with Gasteiger partial charge in [-0.15, -0.1) is 0 Å². The first-order chi connectivity index (χ1) is 17.0. The summed E-state index contributed by atoms with van der Waals surface area (Å²) in [6, 6.07) is 14.5. The third-order valence-electron chi connectivity index (χ3n) is 6.22. The third kappa shape index (κ3) is 4.64. The Balaban J connectivity index is 1.35. The number of benzene rings is 2. The highest BCUT2D eigenvalue weighted by Crippen LogP contribution is 2.25. The number of rotatable bonds is 7. The van der Waals surface area contributed by atoms with Gasteiger partial charge >= 0.3 is 0 Å². The largest absolute Gasteiger partial charge is 0.379 e. The number of pyridine rings is 1. The Morgan fingerprint density at radius 1 is 1.09 bits per heavy atom. The maximum Gasteiger partial charge on any atom is 0.243 e. The van der Waals surface area contributed by atoms with Crippen LogP contribution in [0.4, 0.5) is 5.69 Å². The highest BCUT2D eigenvalue weighted by atomic mass is 32.2. The number of amides is 1. The Bertz CT molecular complexity index is 1490. The SMILES string of the molecule is CCn1c(CCC(=O)Nc2cccc3ncccc23)nc2cc(S(=O)(=O)N3CCOCC3)ccc21. The van der Waals surface area contributed by atoms with Gasteiger partial charge < -0.3 is 14.6 Å². The molecule has 4 aromatic rings. The van der Waals surface area contributed by atoms with Crippen LogP contribution < -0.4 is 5.32 Å². The molecule has 3 heterocycles. The molecule has 9 nitrogen and oxygen atoms in total. The van der Waals surface area contributed by atoms with Crippen LogP contribution in [0, 0.1) is 0 Å². The molecule has 1 fully saturated rings. The van der Waals surface area contributed by atoms with Crippen molar-refractivity contribution in [2.45, 2.75) is 31.2 Å². The van der Waals surface area contributed by atoms with Gasteiger partial charge in [0.25, 0.3) is 0 Å². The van der Waals surface area contributed by atoms with E-state index in [0.717, 1.165) is 27.9 Å². The van der Waals surface area contributed by atoms with Crippen molar-refractivity contribution >= 4 is 43.6 Å². The van der Waals surface area contributed by atoms with Crippen molar-refractivity contribution in [1.82, 2.24) is 18.8 Å². The molecular formula is C25H27N5O4S. The second-order valence-electron chi connectivity index (χ2n) is 8.36. The minimum atomic E-state index is -3.61. The van der Waals surface area contributed by atoms with Crippen LogP contribution >= 0.6 is 0 Å². The predicted octanol–water partition coefficient (Wildman–Crippen LogP) is 3.20. The summed E-state index contributed by atoms with van der Waals surface area (Å²) >= 11 is 0. The van der Waals surface area contributed by atoms with Gasteiger partial charge in [0, 0.05) is 44.1 Å². The number of carbonyl (C=O) groups excluding carboxylic acids is 1. The summed E-state index contributed by atoms with van der Waals surface area (Å²) in [5.74, 6) is 0.629. The summed E-state index contributed by atoms with van der Waals surface area (Å²) in [5, 5.41) is 3.87. The van der Waals surface area contributed by atoms with Crippen molar-refractivity contribution in [2.24, 2.45) is 0 Å². The fraction of sp³-hybridized carbons (Fsp3) is 0.320. The predicted molar refractivity (Wildman–Crippen MR) is 134 cm³/mol. The molecule has 1 saturated heterocycles. The molecule has 1 amide bonds. The molecule has 10 heteroatoms. The smallest absolute Gasteiger partial charge is 0.243 e. The van der Waals surface area contributed by atoms with Gasteiger partial charge in [0.2, 0.25) is 15.9 Å². The Kier molecular flexibility index (Phi) is 6.50. The minimum Gasteiger partial charge on any atom is -0.379 e. The second-order valence-corrected chi connectivity index (χ2v) is 10.3. The second kappa shape index (κ2) is 9.73. The van der Waals surface area contributed by atoms with Gasteiger partial charge in [0.05, 0.1) is 40.3 Å². The quantitative estimate of drug-likeness (QED) is 0.424. The highest BCUT2D eigenvalue weighted by Gasteiger charge is 2.27. The van der Waals surface area contributed by atoms with Gasteiger partial charge in [-0.3, -0.25) is 9.78 Å². The van der Waals surface area contributed by atoms with Crippen molar-refractivity contribution in [1.29, 1.82) is 0 Å². The number of nitrogens with zero attached hydrogens (tertiary/aromatic N) is 4. The molecule has 2 aromatic heterocycles. The van der Waals surface area contributed by atoms with E-state index >= 15 is 0 Å². The Morgan fingerprint density at radius 2 is 1.91 bits per heavy atom. The lowest BCUT2D eigenvalue weighted by atomic mass is 10.1. The van der Waals surface area contributed by atoms with Gasteiger partial charge in [-0.2, -0.15) is 4.31 Å². The number of fused-ring (bicyclic) bond motifs is 2. The van der Waals surface area contributed by atoms with Crippen LogP contribution in [0.2, 0.25) is 0 Å². The summed E-state index contributed by atoms with van der Waals surface area (Å²) in [4.78, 5) is 22.0. The molecule has 0 aliphatic carbocycles. The van der Waals surface area contributed by atoms with E-state index in [9.17, 15) is 13.2 Å². The first kappa shape index (κ1) is 23.4. The van der Waals surface area contributed by atoms with Crippen LogP contribution in [0.15, 0.2) is 59.6 Å². The van der Waals surface area contributed by atoms with E-state index in [1.807, 2.05) is 41.8 Å². The van der Waals surface area contributed by atoms with Crippen LogP contribution in [-0.4, -0.2) is 59.5 Å². The van der Waals surface area contributed by atoms with Crippen LogP contribution in [0.25, 0.3) is 21.9 Å². The molecule has 0 bridgehead atoms. The average molecular weight is 494 g/mol. The lowest BCUT2D eigenvalue weighted by molar-refractivity contribution is -0.116. The molecule has 5 rings (SSSR count). The first-order valence-electron chi connectivity index (χ1n) is 11.7. The summed E-state index contributed by atoms with van der Waals surface area (Å²) in [6.07, 6.45) is 2.41. The number of carbonyl (C=O) groups is 1. The van der Waals surface area contributed by atoms with Crippen LogP contribution in [0.3, 0.4) is 0 Å². The van der Waals surface area contributed by atoms with Crippen LogP contribution in [0.5, 0.6) is 0 Å². The Labute approximate surface area is 203 Å². The third-order valence-corrected chi connectivity index (χ3v) is 8.11. The molecule has 0 radical (unpaired) electrons. The normalized spacial score (nSPS) is 15.0. The number of aryl methyl sites for hydroxylation is 2. The van der Waals surface area contributed by atoms with Crippen LogP contribution in [-0.2, 0) is 32.5 Å². The van der Waals surface area contributed by atoms with E-state index in [1.165, 1.54) is 4.31 Å². The minimum absolute atomic E-state index is 0.119. The lowest BCUT2D eigenvalue weighted by Gasteiger charge is -2.26. The molecule has 2 aromatic carbocycles. The molecule has 0 saturated carbocycles. The Morgan fingerprint density at radius 3 is 2.71 bits per heavy atom. The van der Waals surface area contributed by atoms with Crippen molar-refractivity contribution in [3.63, 3.8) is 0 Å².